The number of ether oxygens (including phenoxy) is 2. The van der Waals surface area contributed by atoms with E-state index in [-0.39, 0.29) is 0 Å². The highest BCUT2D eigenvalue weighted by Crippen LogP contribution is 2.36. The fourth-order valence-electron chi connectivity index (χ4n) is 1.76. The first-order chi connectivity index (χ1) is 9.15. The second-order valence-corrected chi connectivity index (χ2v) is 4.47. The molecule has 0 fully saturated rings. The summed E-state index contributed by atoms with van der Waals surface area (Å²) in [7, 11) is 3.18. The molecule has 2 rings (SSSR count). The predicted molar refractivity (Wildman–Crippen MR) is 75.3 cm³/mol. The molecule has 102 valence electrons. The molecular formula is C14H16ClNO3. The first kappa shape index (κ1) is 13.6. The molecule has 1 N–H and O–H groups in total. The van der Waals surface area contributed by atoms with Crippen LogP contribution in [0.4, 0.5) is 5.69 Å². The van der Waals surface area contributed by atoms with Crippen molar-refractivity contribution in [2.24, 2.45) is 0 Å². The third-order valence-corrected chi connectivity index (χ3v) is 3.18. The molecule has 0 aliphatic carbocycles. The van der Waals surface area contributed by atoms with Crippen molar-refractivity contribution >= 4 is 17.3 Å². The van der Waals surface area contributed by atoms with Crippen molar-refractivity contribution in [2.75, 3.05) is 19.5 Å². The molecule has 0 spiro atoms. The molecule has 0 aliphatic rings. The lowest BCUT2D eigenvalue weighted by Gasteiger charge is -2.13. The van der Waals surface area contributed by atoms with Gasteiger partial charge in [0.15, 0.2) is 0 Å². The first-order valence-corrected chi connectivity index (χ1v) is 6.22. The molecule has 0 aliphatic heterocycles. The topological polar surface area (TPSA) is 43.6 Å². The quantitative estimate of drug-likeness (QED) is 0.903. The van der Waals surface area contributed by atoms with Crippen molar-refractivity contribution < 1.29 is 13.9 Å². The van der Waals surface area contributed by atoms with E-state index >= 15 is 0 Å². The lowest BCUT2D eigenvalue weighted by Crippen LogP contribution is -2.02. The zero-order chi connectivity index (χ0) is 13.8. The van der Waals surface area contributed by atoms with Crippen molar-refractivity contribution in [2.45, 2.75) is 13.5 Å². The predicted octanol–water partition coefficient (Wildman–Crippen LogP) is 3.87. The molecule has 1 aromatic heterocycles. The monoisotopic (exact) mass is 281 g/mol. The van der Waals surface area contributed by atoms with Gasteiger partial charge in [-0.2, -0.15) is 0 Å². The molecule has 2 aromatic rings. The van der Waals surface area contributed by atoms with Gasteiger partial charge in [0.2, 0.25) is 0 Å². The van der Waals surface area contributed by atoms with E-state index in [9.17, 15) is 0 Å². The summed E-state index contributed by atoms with van der Waals surface area (Å²) in [6, 6.07) is 5.45. The van der Waals surface area contributed by atoms with Crippen LogP contribution < -0.4 is 14.8 Å². The Hall–Kier alpha value is -1.81. The molecule has 1 aromatic carbocycles. The SMILES string of the molecule is COc1cc(NCc2occc2C)c(OC)cc1Cl. The molecule has 0 unspecified atom stereocenters. The Bertz CT molecular complexity index is 566. The summed E-state index contributed by atoms with van der Waals surface area (Å²) in [5.41, 5.74) is 1.91. The van der Waals surface area contributed by atoms with Crippen LogP contribution in [-0.2, 0) is 6.54 Å². The van der Waals surface area contributed by atoms with Gasteiger partial charge in [0.05, 0.1) is 37.7 Å². The van der Waals surface area contributed by atoms with Crippen LogP contribution in [0, 0.1) is 6.92 Å². The van der Waals surface area contributed by atoms with Crippen LogP contribution in [0.15, 0.2) is 28.9 Å². The highest BCUT2D eigenvalue weighted by molar-refractivity contribution is 6.32. The summed E-state index contributed by atoms with van der Waals surface area (Å²) in [5.74, 6) is 2.15. The van der Waals surface area contributed by atoms with Crippen LogP contribution in [0.2, 0.25) is 5.02 Å². The van der Waals surface area contributed by atoms with Gasteiger partial charge in [0.25, 0.3) is 0 Å². The van der Waals surface area contributed by atoms with E-state index in [0.717, 1.165) is 17.0 Å². The minimum Gasteiger partial charge on any atom is -0.495 e. The van der Waals surface area contributed by atoms with Gasteiger partial charge in [-0.3, -0.25) is 0 Å². The van der Waals surface area contributed by atoms with E-state index in [1.54, 1.807) is 32.6 Å². The zero-order valence-corrected chi connectivity index (χ0v) is 11.9. The lowest BCUT2D eigenvalue weighted by atomic mass is 10.2. The van der Waals surface area contributed by atoms with Crippen LogP contribution in [0.1, 0.15) is 11.3 Å². The van der Waals surface area contributed by atoms with Gasteiger partial charge in [-0.1, -0.05) is 11.6 Å². The summed E-state index contributed by atoms with van der Waals surface area (Å²) in [6.07, 6.45) is 1.67. The number of furan rings is 1. The van der Waals surface area contributed by atoms with Crippen LogP contribution in [0.3, 0.4) is 0 Å². The minimum atomic E-state index is 0.513. The average molecular weight is 282 g/mol. The van der Waals surface area contributed by atoms with Crippen LogP contribution in [0.5, 0.6) is 11.5 Å². The Morgan fingerprint density at radius 2 is 1.95 bits per heavy atom. The van der Waals surface area contributed by atoms with E-state index < -0.39 is 0 Å². The molecule has 1 heterocycles. The summed E-state index contributed by atoms with van der Waals surface area (Å²) in [4.78, 5) is 0. The van der Waals surface area contributed by atoms with E-state index in [2.05, 4.69) is 5.32 Å². The Balaban J connectivity index is 2.21. The zero-order valence-electron chi connectivity index (χ0n) is 11.1. The fraction of sp³-hybridized carbons (Fsp3) is 0.286. The second kappa shape index (κ2) is 5.89. The molecule has 5 heteroatoms. The number of benzene rings is 1. The maximum Gasteiger partial charge on any atom is 0.143 e. The number of aryl methyl sites for hydroxylation is 1. The van der Waals surface area contributed by atoms with Gasteiger partial charge >= 0.3 is 0 Å². The van der Waals surface area contributed by atoms with Crippen molar-refractivity contribution in [3.8, 4) is 11.5 Å². The van der Waals surface area contributed by atoms with Gasteiger partial charge in [-0.25, -0.2) is 0 Å². The highest BCUT2D eigenvalue weighted by atomic mass is 35.5. The van der Waals surface area contributed by atoms with Crippen molar-refractivity contribution in [1.82, 2.24) is 0 Å². The van der Waals surface area contributed by atoms with Gasteiger partial charge < -0.3 is 19.2 Å². The fourth-order valence-corrected chi connectivity index (χ4v) is 1.99. The molecule has 0 radical (unpaired) electrons. The number of methoxy groups -OCH3 is 2. The van der Waals surface area contributed by atoms with E-state index in [1.165, 1.54) is 0 Å². The molecule has 0 amide bonds. The second-order valence-electron chi connectivity index (χ2n) is 4.07. The minimum absolute atomic E-state index is 0.513. The normalized spacial score (nSPS) is 10.3. The van der Waals surface area contributed by atoms with Crippen molar-refractivity contribution in [3.63, 3.8) is 0 Å². The Labute approximate surface area is 117 Å². The van der Waals surface area contributed by atoms with Gasteiger partial charge in [-0.05, 0) is 18.6 Å². The smallest absolute Gasteiger partial charge is 0.143 e. The number of anilines is 1. The van der Waals surface area contributed by atoms with E-state index in [0.29, 0.717) is 23.1 Å². The van der Waals surface area contributed by atoms with Gasteiger partial charge in [0, 0.05) is 12.1 Å². The van der Waals surface area contributed by atoms with Crippen LogP contribution in [0.25, 0.3) is 0 Å². The van der Waals surface area contributed by atoms with Crippen molar-refractivity contribution in [3.05, 3.63) is 40.8 Å². The summed E-state index contributed by atoms with van der Waals surface area (Å²) in [6.45, 7) is 2.57. The van der Waals surface area contributed by atoms with E-state index in [4.69, 9.17) is 25.5 Å². The molecule has 0 saturated carbocycles. The molecule has 19 heavy (non-hydrogen) atoms. The van der Waals surface area contributed by atoms with Gasteiger partial charge in [-0.15, -0.1) is 0 Å². The van der Waals surface area contributed by atoms with E-state index in [1.807, 2.05) is 13.0 Å². The molecule has 0 bridgehead atoms. The molecule has 0 saturated heterocycles. The summed E-state index contributed by atoms with van der Waals surface area (Å²) < 4.78 is 15.9. The molecule has 4 nitrogen and oxygen atoms in total. The number of hydrogen-bond donors (Lipinski definition) is 1. The Kier molecular flexibility index (Phi) is 4.22. The average Bonchev–Trinajstić information content (AvgIpc) is 2.82. The summed E-state index contributed by atoms with van der Waals surface area (Å²) in [5, 5.41) is 3.76. The lowest BCUT2D eigenvalue weighted by molar-refractivity contribution is 0.404. The third-order valence-electron chi connectivity index (χ3n) is 2.88. The van der Waals surface area contributed by atoms with Crippen LogP contribution >= 0.6 is 11.6 Å². The number of nitrogens with one attached hydrogen (secondary N) is 1. The third kappa shape index (κ3) is 2.96. The van der Waals surface area contributed by atoms with Crippen LogP contribution in [-0.4, -0.2) is 14.2 Å². The molecule has 0 atom stereocenters. The highest BCUT2D eigenvalue weighted by Gasteiger charge is 2.10. The first-order valence-electron chi connectivity index (χ1n) is 5.84. The van der Waals surface area contributed by atoms with Crippen molar-refractivity contribution in [1.29, 1.82) is 0 Å². The maximum atomic E-state index is 6.05. The Morgan fingerprint density at radius 1 is 1.21 bits per heavy atom. The number of hydrogen-bond acceptors (Lipinski definition) is 4. The summed E-state index contributed by atoms with van der Waals surface area (Å²) >= 11 is 6.05. The van der Waals surface area contributed by atoms with Gasteiger partial charge in [0.1, 0.15) is 17.3 Å². The number of rotatable bonds is 5. The largest absolute Gasteiger partial charge is 0.495 e. The number of halogens is 1. The Morgan fingerprint density at radius 3 is 2.53 bits per heavy atom. The standard InChI is InChI=1S/C14H16ClNO3/c1-9-4-5-19-14(9)8-16-11-7-12(17-2)10(15)6-13(11)18-3/h4-7,16H,8H2,1-3H3. The molecular weight excluding hydrogens is 266 g/mol. The maximum absolute atomic E-state index is 6.05.